The third-order valence-electron chi connectivity index (χ3n) is 2.92. The molecular weight excluding hydrogens is 294 g/mol. The van der Waals surface area contributed by atoms with Gasteiger partial charge in [-0.3, -0.25) is 9.48 Å². The molecule has 0 atom stereocenters. The first kappa shape index (κ1) is 15.1. The lowest BCUT2D eigenvalue weighted by molar-refractivity contribution is -0.116. The Hall–Kier alpha value is -2.34. The minimum atomic E-state index is -1.04. The second-order valence-corrected chi connectivity index (χ2v) is 4.99. The Kier molecular flexibility index (Phi) is 4.59. The number of carboxylic acid groups (broad SMARTS) is 1. The number of aromatic nitrogens is 2. The highest BCUT2D eigenvalue weighted by Crippen LogP contribution is 2.20. The van der Waals surface area contributed by atoms with Gasteiger partial charge in [-0.05, 0) is 24.6 Å². The molecule has 0 radical (unpaired) electrons. The number of halogens is 1. The van der Waals surface area contributed by atoms with Gasteiger partial charge in [-0.25, -0.2) is 4.79 Å². The van der Waals surface area contributed by atoms with Crippen LogP contribution in [-0.4, -0.2) is 26.8 Å². The van der Waals surface area contributed by atoms with Crippen LogP contribution in [0.4, 0.5) is 5.69 Å². The molecule has 2 aromatic rings. The standard InChI is InChI=1S/C14H14ClN3O3/c1-9-2-3-11(15)6-12(9)17-13(19)4-5-18-8-10(7-16-18)14(20)21/h2-3,6-8H,4-5H2,1H3,(H,17,19)(H,20,21). The molecule has 2 rings (SSSR count). The topological polar surface area (TPSA) is 84.2 Å². The van der Waals surface area contributed by atoms with E-state index >= 15 is 0 Å². The highest BCUT2D eigenvalue weighted by Gasteiger charge is 2.09. The number of aromatic carboxylic acids is 1. The van der Waals surface area contributed by atoms with Gasteiger partial charge in [-0.2, -0.15) is 5.10 Å². The average Bonchev–Trinajstić information content (AvgIpc) is 2.90. The molecule has 0 fully saturated rings. The fourth-order valence-electron chi connectivity index (χ4n) is 1.75. The van der Waals surface area contributed by atoms with Crippen molar-refractivity contribution in [1.29, 1.82) is 0 Å². The molecule has 1 amide bonds. The van der Waals surface area contributed by atoms with E-state index < -0.39 is 5.97 Å². The van der Waals surface area contributed by atoms with E-state index in [1.165, 1.54) is 17.1 Å². The second kappa shape index (κ2) is 6.41. The summed E-state index contributed by atoms with van der Waals surface area (Å²) in [4.78, 5) is 22.6. The Labute approximate surface area is 126 Å². The van der Waals surface area contributed by atoms with Crippen molar-refractivity contribution in [2.24, 2.45) is 0 Å². The van der Waals surface area contributed by atoms with Crippen LogP contribution in [0.3, 0.4) is 0 Å². The summed E-state index contributed by atoms with van der Waals surface area (Å²) in [5, 5.41) is 16.0. The summed E-state index contributed by atoms with van der Waals surface area (Å²) in [6.45, 7) is 2.18. The number of rotatable bonds is 5. The summed E-state index contributed by atoms with van der Waals surface area (Å²) >= 11 is 5.88. The quantitative estimate of drug-likeness (QED) is 0.889. The van der Waals surface area contributed by atoms with Crippen molar-refractivity contribution in [3.63, 3.8) is 0 Å². The van der Waals surface area contributed by atoms with Crippen molar-refractivity contribution in [3.8, 4) is 0 Å². The van der Waals surface area contributed by atoms with Gasteiger partial charge in [0.05, 0.1) is 11.8 Å². The van der Waals surface area contributed by atoms with Crippen molar-refractivity contribution in [3.05, 3.63) is 46.7 Å². The maximum absolute atomic E-state index is 11.9. The van der Waals surface area contributed by atoms with Gasteiger partial charge >= 0.3 is 5.97 Å². The highest BCUT2D eigenvalue weighted by molar-refractivity contribution is 6.31. The molecule has 2 N–H and O–H groups in total. The van der Waals surface area contributed by atoms with Gasteiger partial charge in [0, 0.05) is 29.9 Å². The summed E-state index contributed by atoms with van der Waals surface area (Å²) < 4.78 is 1.42. The number of hydrogen-bond acceptors (Lipinski definition) is 3. The van der Waals surface area contributed by atoms with E-state index in [9.17, 15) is 9.59 Å². The summed E-state index contributed by atoms with van der Waals surface area (Å²) in [5.74, 6) is -1.23. The van der Waals surface area contributed by atoms with Crippen LogP contribution in [-0.2, 0) is 11.3 Å². The Bertz CT molecular complexity index is 682. The first-order valence-electron chi connectivity index (χ1n) is 6.27. The van der Waals surface area contributed by atoms with Crippen LogP contribution in [0.25, 0.3) is 0 Å². The Morgan fingerprint density at radius 2 is 2.19 bits per heavy atom. The fourth-order valence-corrected chi connectivity index (χ4v) is 1.93. The van der Waals surface area contributed by atoms with Crippen molar-refractivity contribution < 1.29 is 14.7 Å². The van der Waals surface area contributed by atoms with Crippen LogP contribution in [0.1, 0.15) is 22.3 Å². The molecular formula is C14H14ClN3O3. The first-order chi connectivity index (χ1) is 9.95. The lowest BCUT2D eigenvalue weighted by Crippen LogP contribution is -2.15. The smallest absolute Gasteiger partial charge is 0.338 e. The lowest BCUT2D eigenvalue weighted by atomic mass is 10.2. The monoisotopic (exact) mass is 307 g/mol. The van der Waals surface area contributed by atoms with E-state index in [1.807, 2.05) is 13.0 Å². The molecule has 21 heavy (non-hydrogen) atoms. The van der Waals surface area contributed by atoms with Crippen molar-refractivity contribution in [2.75, 3.05) is 5.32 Å². The Morgan fingerprint density at radius 3 is 2.86 bits per heavy atom. The Morgan fingerprint density at radius 1 is 1.43 bits per heavy atom. The van der Waals surface area contributed by atoms with Gasteiger partial charge in [0.1, 0.15) is 0 Å². The van der Waals surface area contributed by atoms with Crippen molar-refractivity contribution in [2.45, 2.75) is 19.9 Å². The number of nitrogens with zero attached hydrogens (tertiary/aromatic N) is 2. The molecule has 1 aromatic heterocycles. The normalized spacial score (nSPS) is 10.4. The molecule has 110 valence electrons. The van der Waals surface area contributed by atoms with Gasteiger partial charge in [-0.15, -0.1) is 0 Å². The van der Waals surface area contributed by atoms with Crippen LogP contribution in [0.5, 0.6) is 0 Å². The summed E-state index contributed by atoms with van der Waals surface area (Å²) in [6, 6.07) is 5.26. The fraction of sp³-hybridized carbons (Fsp3) is 0.214. The summed E-state index contributed by atoms with van der Waals surface area (Å²) in [5.41, 5.74) is 1.68. The number of benzene rings is 1. The van der Waals surface area contributed by atoms with E-state index in [1.54, 1.807) is 12.1 Å². The van der Waals surface area contributed by atoms with Crippen LogP contribution < -0.4 is 5.32 Å². The molecule has 0 aliphatic heterocycles. The lowest BCUT2D eigenvalue weighted by Gasteiger charge is -2.08. The third kappa shape index (κ3) is 4.06. The molecule has 0 spiro atoms. The molecule has 1 heterocycles. The largest absolute Gasteiger partial charge is 0.478 e. The molecule has 0 aliphatic carbocycles. The summed E-state index contributed by atoms with van der Waals surface area (Å²) in [7, 11) is 0. The number of nitrogens with one attached hydrogen (secondary N) is 1. The first-order valence-corrected chi connectivity index (χ1v) is 6.65. The maximum atomic E-state index is 11.9. The van der Waals surface area contributed by atoms with E-state index in [0.29, 0.717) is 17.3 Å². The molecule has 1 aromatic carbocycles. The zero-order chi connectivity index (χ0) is 15.4. The molecule has 0 saturated carbocycles. The minimum Gasteiger partial charge on any atom is -0.478 e. The number of carbonyl (C=O) groups excluding carboxylic acids is 1. The zero-order valence-corrected chi connectivity index (χ0v) is 12.1. The van der Waals surface area contributed by atoms with Crippen LogP contribution in [0.15, 0.2) is 30.6 Å². The van der Waals surface area contributed by atoms with Gasteiger partial charge in [0.15, 0.2) is 0 Å². The maximum Gasteiger partial charge on any atom is 0.338 e. The minimum absolute atomic E-state index is 0.0982. The number of anilines is 1. The number of amides is 1. The zero-order valence-electron chi connectivity index (χ0n) is 11.3. The second-order valence-electron chi connectivity index (χ2n) is 4.55. The van der Waals surface area contributed by atoms with Gasteiger partial charge < -0.3 is 10.4 Å². The van der Waals surface area contributed by atoms with E-state index in [4.69, 9.17) is 16.7 Å². The highest BCUT2D eigenvalue weighted by atomic mass is 35.5. The van der Waals surface area contributed by atoms with Crippen LogP contribution >= 0.6 is 11.6 Å². The van der Waals surface area contributed by atoms with E-state index in [2.05, 4.69) is 10.4 Å². The van der Waals surface area contributed by atoms with E-state index in [-0.39, 0.29) is 17.9 Å². The molecule has 0 saturated heterocycles. The number of carbonyl (C=O) groups is 2. The predicted octanol–water partition coefficient (Wildman–Crippen LogP) is 2.57. The molecule has 6 nitrogen and oxygen atoms in total. The number of carboxylic acids is 1. The van der Waals surface area contributed by atoms with Crippen molar-refractivity contribution >= 4 is 29.2 Å². The Balaban J connectivity index is 1.92. The van der Waals surface area contributed by atoms with Gasteiger partial charge in [0.25, 0.3) is 0 Å². The number of aryl methyl sites for hydroxylation is 2. The average molecular weight is 308 g/mol. The van der Waals surface area contributed by atoms with Gasteiger partial charge in [0.2, 0.25) is 5.91 Å². The van der Waals surface area contributed by atoms with Crippen LogP contribution in [0, 0.1) is 6.92 Å². The number of hydrogen-bond donors (Lipinski definition) is 2. The molecule has 0 bridgehead atoms. The van der Waals surface area contributed by atoms with Crippen LogP contribution in [0.2, 0.25) is 5.02 Å². The van der Waals surface area contributed by atoms with Gasteiger partial charge in [-0.1, -0.05) is 17.7 Å². The third-order valence-corrected chi connectivity index (χ3v) is 3.16. The van der Waals surface area contributed by atoms with E-state index in [0.717, 1.165) is 5.56 Å². The molecule has 0 unspecified atom stereocenters. The molecule has 0 aliphatic rings. The predicted molar refractivity (Wildman–Crippen MR) is 78.6 cm³/mol. The molecule has 7 heteroatoms. The SMILES string of the molecule is Cc1ccc(Cl)cc1NC(=O)CCn1cc(C(=O)O)cn1. The van der Waals surface area contributed by atoms with Crippen molar-refractivity contribution in [1.82, 2.24) is 9.78 Å². The summed E-state index contributed by atoms with van der Waals surface area (Å²) in [6.07, 6.45) is 2.83.